The van der Waals surface area contributed by atoms with Crippen LogP contribution >= 0.6 is 0 Å². The summed E-state index contributed by atoms with van der Waals surface area (Å²) in [5.74, 6) is 1.98. The van der Waals surface area contributed by atoms with Crippen molar-refractivity contribution in [3.8, 4) is 39.9 Å². The minimum absolute atomic E-state index is 0.655. The van der Waals surface area contributed by atoms with E-state index in [1.807, 2.05) is 60.7 Å². The van der Waals surface area contributed by atoms with E-state index in [0.29, 0.717) is 17.5 Å². The van der Waals surface area contributed by atoms with E-state index in [2.05, 4.69) is 79.1 Å². The Morgan fingerprint density at radius 3 is 1.55 bits per heavy atom. The maximum absolute atomic E-state index is 4.88. The van der Waals surface area contributed by atoms with Crippen molar-refractivity contribution in [1.82, 2.24) is 19.5 Å². The normalized spacial score (nSPS) is 11.3. The number of hydrogen-bond donors (Lipinski definition) is 0. The zero-order chi connectivity index (χ0) is 25.5. The molecule has 0 aliphatic rings. The third-order valence-electron chi connectivity index (χ3n) is 6.98. The second kappa shape index (κ2) is 9.13. The predicted octanol–water partition coefficient (Wildman–Crippen LogP) is 6.23. The molecule has 0 unspecified atom stereocenters. The fraction of sp³-hybridized carbons (Fsp3) is 0. The van der Waals surface area contributed by atoms with Gasteiger partial charge in [0, 0.05) is 38.7 Å². The van der Waals surface area contributed by atoms with E-state index in [1.165, 1.54) is 27.3 Å². The minimum Gasteiger partial charge on any atom is -0.310 e. The van der Waals surface area contributed by atoms with Gasteiger partial charge in [0.15, 0.2) is 17.5 Å². The van der Waals surface area contributed by atoms with Crippen LogP contribution in [-0.2, 0) is 0 Å². The zero-order valence-corrected chi connectivity index (χ0v) is 20.9. The molecule has 5 aromatic carbocycles. The summed E-state index contributed by atoms with van der Waals surface area (Å²) in [6, 6.07) is 43.7. The van der Waals surface area contributed by atoms with Gasteiger partial charge in [-0.15, -0.1) is 0 Å². The lowest BCUT2D eigenvalue weighted by atomic mass is 9.93. The van der Waals surface area contributed by atoms with Crippen LogP contribution in [0.25, 0.3) is 61.7 Å². The molecule has 2 aromatic heterocycles. The van der Waals surface area contributed by atoms with Crippen LogP contribution in [0.15, 0.2) is 127 Å². The molecule has 0 radical (unpaired) electrons. The Morgan fingerprint density at radius 1 is 0.447 bits per heavy atom. The number of benzene rings is 5. The van der Waals surface area contributed by atoms with E-state index in [4.69, 9.17) is 15.0 Å². The lowest BCUT2D eigenvalue weighted by Crippen LogP contribution is -2.08. The highest BCUT2D eigenvalue weighted by Gasteiger charge is 2.15. The fourth-order valence-electron chi connectivity index (χ4n) is 5.16. The molecule has 0 spiro atoms. The number of fused-ring (bicyclic) bond motifs is 3. The third-order valence-corrected chi connectivity index (χ3v) is 6.98. The van der Waals surface area contributed by atoms with Gasteiger partial charge in [-0.2, -0.15) is 0 Å². The monoisotopic (exact) mass is 486 g/mol. The van der Waals surface area contributed by atoms with Crippen LogP contribution in [0.3, 0.4) is 0 Å². The fourth-order valence-corrected chi connectivity index (χ4v) is 5.16. The van der Waals surface area contributed by atoms with E-state index in [1.54, 1.807) is 0 Å². The smallest absolute Gasteiger partial charge is 0.164 e. The number of para-hydroxylation sites is 2. The van der Waals surface area contributed by atoms with Crippen molar-refractivity contribution in [1.29, 1.82) is 0 Å². The topological polar surface area (TPSA) is 43.6 Å². The summed E-state index contributed by atoms with van der Waals surface area (Å²) in [5, 5.41) is 2.52. The molecule has 178 valence electrons. The Bertz CT molecular complexity index is 1850. The first-order valence-electron chi connectivity index (χ1n) is 12.7. The molecule has 0 N–H and O–H groups in total. The second-order valence-electron chi connectivity index (χ2n) is 9.41. The van der Waals surface area contributed by atoms with Gasteiger partial charge in [0.25, 0.3) is 0 Å². The van der Waals surface area contributed by atoms with Gasteiger partial charge in [-0.1, -0.05) is 103 Å². The summed E-state index contributed by atoms with van der Waals surface area (Å²) >= 11 is 0. The van der Waals surface area contributed by atoms with Gasteiger partial charge >= 0.3 is 0 Å². The lowest BCUT2D eigenvalue weighted by molar-refractivity contribution is 1.07. The largest absolute Gasteiger partial charge is 0.310 e. The van der Waals surface area contributed by atoms with E-state index in [9.17, 15) is 0 Å². The summed E-state index contributed by atoms with van der Waals surface area (Å²) in [7, 11) is 2.17. The van der Waals surface area contributed by atoms with Gasteiger partial charge in [0.05, 0.1) is 5.52 Å². The number of hydrogen-bond acceptors (Lipinski definition) is 3. The predicted molar refractivity (Wildman–Crippen MR) is 159 cm³/mol. The summed E-state index contributed by atoms with van der Waals surface area (Å²) in [4.78, 5) is 14.6. The molecule has 0 aliphatic carbocycles. The van der Waals surface area contributed by atoms with Crippen LogP contribution in [0.1, 0.15) is 0 Å². The highest BCUT2D eigenvalue weighted by atomic mass is 15.0. The third kappa shape index (κ3) is 3.77. The molecule has 5 heteroatoms. The average molecular weight is 486 g/mol. The summed E-state index contributed by atoms with van der Waals surface area (Å²) in [6.07, 6.45) is 0. The van der Waals surface area contributed by atoms with Crippen molar-refractivity contribution in [2.75, 3.05) is 0 Å². The Morgan fingerprint density at radius 2 is 0.947 bits per heavy atom. The summed E-state index contributed by atoms with van der Waals surface area (Å²) < 4.78 is 2.35. The molecule has 0 aliphatic heterocycles. The van der Waals surface area contributed by atoms with Crippen molar-refractivity contribution < 1.29 is 0 Å². The van der Waals surface area contributed by atoms with E-state index < -0.39 is 0 Å². The Balaban J connectivity index is 1.38. The average Bonchev–Trinajstić information content (AvgIpc) is 3.34. The molecule has 0 atom stereocenters. The second-order valence-corrected chi connectivity index (χ2v) is 9.41. The molecular formula is C33H23BN4. The van der Waals surface area contributed by atoms with Crippen LogP contribution in [0.2, 0.25) is 0 Å². The standard InChI is InChI=1S/C33H23BN4/c34-28-16-9-15-27-26-14-7-8-17-29(26)38(30(27)28)25-20-18-24(19-21-25)33-36-31(22-10-3-1-4-11-22)35-32(37-33)23-12-5-2-6-13-23/h1-21H,34H2. The molecule has 7 aromatic rings. The van der Waals surface area contributed by atoms with Crippen LogP contribution in [-0.4, -0.2) is 27.4 Å². The van der Waals surface area contributed by atoms with Crippen LogP contribution in [0, 0.1) is 0 Å². The number of rotatable bonds is 4. The first kappa shape index (κ1) is 22.2. The van der Waals surface area contributed by atoms with Crippen molar-refractivity contribution in [3.63, 3.8) is 0 Å². The highest BCUT2D eigenvalue weighted by molar-refractivity contribution is 6.40. The van der Waals surface area contributed by atoms with Gasteiger partial charge < -0.3 is 4.57 Å². The Labute approximate surface area is 221 Å². The van der Waals surface area contributed by atoms with Crippen LogP contribution < -0.4 is 5.46 Å². The minimum atomic E-state index is 0.655. The van der Waals surface area contributed by atoms with Gasteiger partial charge in [0.1, 0.15) is 7.85 Å². The van der Waals surface area contributed by atoms with Crippen molar-refractivity contribution in [3.05, 3.63) is 127 Å². The van der Waals surface area contributed by atoms with E-state index in [-0.39, 0.29) is 0 Å². The van der Waals surface area contributed by atoms with Crippen LogP contribution in [0.5, 0.6) is 0 Å². The summed E-state index contributed by atoms with van der Waals surface area (Å²) in [6.45, 7) is 0. The number of nitrogens with zero attached hydrogens (tertiary/aromatic N) is 4. The van der Waals surface area contributed by atoms with Crippen molar-refractivity contribution >= 4 is 35.1 Å². The molecule has 0 saturated carbocycles. The van der Waals surface area contributed by atoms with Crippen LogP contribution in [0.4, 0.5) is 0 Å². The van der Waals surface area contributed by atoms with Crippen molar-refractivity contribution in [2.45, 2.75) is 0 Å². The molecule has 0 fully saturated rings. The molecule has 0 saturated heterocycles. The Kier molecular flexibility index (Phi) is 5.33. The highest BCUT2D eigenvalue weighted by Crippen LogP contribution is 2.32. The first-order chi connectivity index (χ1) is 18.8. The van der Waals surface area contributed by atoms with E-state index >= 15 is 0 Å². The number of aromatic nitrogens is 4. The zero-order valence-electron chi connectivity index (χ0n) is 20.9. The first-order valence-corrected chi connectivity index (χ1v) is 12.7. The summed E-state index contributed by atoms with van der Waals surface area (Å²) in [5.41, 5.74) is 7.66. The van der Waals surface area contributed by atoms with Crippen molar-refractivity contribution in [2.24, 2.45) is 0 Å². The van der Waals surface area contributed by atoms with Gasteiger partial charge in [-0.25, -0.2) is 15.0 Å². The molecular weight excluding hydrogens is 463 g/mol. The SMILES string of the molecule is Bc1cccc2c3ccccc3n(-c3ccc(-c4nc(-c5ccccc5)nc(-c5ccccc5)n4)cc3)c12. The van der Waals surface area contributed by atoms with E-state index in [0.717, 1.165) is 22.4 Å². The Hall–Kier alpha value is -5.03. The molecule has 4 nitrogen and oxygen atoms in total. The molecule has 38 heavy (non-hydrogen) atoms. The maximum Gasteiger partial charge on any atom is 0.164 e. The molecule has 0 bridgehead atoms. The van der Waals surface area contributed by atoms with Gasteiger partial charge in [-0.05, 0) is 30.3 Å². The molecule has 7 rings (SSSR count). The lowest BCUT2D eigenvalue weighted by Gasteiger charge is -2.11. The molecule has 2 heterocycles. The van der Waals surface area contributed by atoms with Gasteiger partial charge in [0.2, 0.25) is 0 Å². The quantitative estimate of drug-likeness (QED) is 0.277. The molecule has 0 amide bonds. The van der Waals surface area contributed by atoms with Gasteiger partial charge in [-0.3, -0.25) is 0 Å². The maximum atomic E-state index is 4.88.